The number of nitrogens with zero attached hydrogens (tertiary/aromatic N) is 2. The Labute approximate surface area is 155 Å². The normalized spacial score (nSPS) is 29.5. The molecule has 26 heavy (non-hydrogen) atoms. The maximum absolute atomic E-state index is 11.9. The second-order valence-corrected chi connectivity index (χ2v) is 9.86. The van der Waals surface area contributed by atoms with Crippen molar-refractivity contribution in [2.45, 2.75) is 30.4 Å². The van der Waals surface area contributed by atoms with E-state index in [4.69, 9.17) is 4.74 Å². The number of hydrogen-bond donors (Lipinski definition) is 0. The summed E-state index contributed by atoms with van der Waals surface area (Å²) in [5, 5.41) is 0. The minimum absolute atomic E-state index is 0.257. The fourth-order valence-corrected chi connectivity index (χ4v) is 5.11. The summed E-state index contributed by atoms with van der Waals surface area (Å²) in [6.45, 7) is 5.17. The molecule has 3 aliphatic rings. The molecule has 6 nitrogen and oxygen atoms in total. The number of rotatable bonds is 5. The lowest BCUT2D eigenvalue weighted by Gasteiger charge is -2.24. The van der Waals surface area contributed by atoms with Crippen LogP contribution in [0.1, 0.15) is 18.4 Å². The lowest BCUT2D eigenvalue weighted by Crippen LogP contribution is -2.35. The van der Waals surface area contributed by atoms with Crippen LogP contribution in [0.2, 0.25) is 0 Å². The van der Waals surface area contributed by atoms with Crippen molar-refractivity contribution in [3.63, 3.8) is 0 Å². The van der Waals surface area contributed by atoms with Gasteiger partial charge >= 0.3 is 0 Å². The minimum atomic E-state index is -3.15. The number of benzene rings is 1. The number of sulfone groups is 1. The first kappa shape index (κ1) is 17.9. The van der Waals surface area contributed by atoms with Crippen molar-refractivity contribution < 1.29 is 17.9 Å². The highest BCUT2D eigenvalue weighted by atomic mass is 32.2. The number of amides is 1. The fraction of sp³-hybridized carbons (Fsp3) is 0.632. The van der Waals surface area contributed by atoms with E-state index in [1.165, 1.54) is 6.26 Å². The van der Waals surface area contributed by atoms with Crippen LogP contribution in [0.25, 0.3) is 0 Å². The summed E-state index contributed by atoms with van der Waals surface area (Å²) >= 11 is 0. The van der Waals surface area contributed by atoms with Crippen molar-refractivity contribution in [1.82, 2.24) is 9.80 Å². The molecule has 0 unspecified atom stereocenters. The van der Waals surface area contributed by atoms with E-state index in [0.29, 0.717) is 23.2 Å². The van der Waals surface area contributed by atoms with E-state index in [-0.39, 0.29) is 12.0 Å². The molecule has 0 aliphatic carbocycles. The van der Waals surface area contributed by atoms with E-state index in [1.807, 2.05) is 17.0 Å². The lowest BCUT2D eigenvalue weighted by molar-refractivity contribution is -0.128. The second-order valence-electron chi connectivity index (χ2n) is 7.85. The maximum atomic E-state index is 11.9. The summed E-state index contributed by atoms with van der Waals surface area (Å²) in [6, 6.07) is 7.15. The minimum Gasteiger partial charge on any atom is -0.376 e. The second kappa shape index (κ2) is 6.94. The molecule has 0 bridgehead atoms. The van der Waals surface area contributed by atoms with Gasteiger partial charge < -0.3 is 9.64 Å². The highest BCUT2D eigenvalue weighted by Crippen LogP contribution is 2.35. The van der Waals surface area contributed by atoms with Gasteiger partial charge in [0, 0.05) is 57.2 Å². The van der Waals surface area contributed by atoms with Crippen LogP contribution in [-0.2, 0) is 25.9 Å². The standard InChI is InChI=1S/C19H26N2O4S/c1-26(23,24)16-6-4-14(5-7-16)9-20-11-17-15(13-25-18(17)12-20)10-21-8-2-3-19(21)22/h4-7,15,17-18H,2-3,8-13H2,1H3/t15-,17+,18+/m0/s1. The molecule has 1 aromatic rings. The van der Waals surface area contributed by atoms with Crippen molar-refractivity contribution in [1.29, 1.82) is 0 Å². The average molecular weight is 378 g/mol. The van der Waals surface area contributed by atoms with Gasteiger partial charge in [0.15, 0.2) is 9.84 Å². The molecule has 3 saturated heterocycles. The van der Waals surface area contributed by atoms with Gasteiger partial charge in [-0.1, -0.05) is 12.1 Å². The van der Waals surface area contributed by atoms with Crippen LogP contribution in [0.15, 0.2) is 29.2 Å². The molecule has 7 heteroatoms. The summed E-state index contributed by atoms with van der Waals surface area (Å²) in [5.74, 6) is 1.20. The van der Waals surface area contributed by atoms with E-state index in [9.17, 15) is 13.2 Å². The topological polar surface area (TPSA) is 66.9 Å². The van der Waals surface area contributed by atoms with Gasteiger partial charge in [-0.15, -0.1) is 0 Å². The summed E-state index contributed by atoms with van der Waals surface area (Å²) in [7, 11) is -3.15. The van der Waals surface area contributed by atoms with Crippen molar-refractivity contribution in [3.05, 3.63) is 29.8 Å². The molecule has 0 N–H and O–H groups in total. The molecule has 0 radical (unpaired) electrons. The largest absolute Gasteiger partial charge is 0.376 e. The summed E-state index contributed by atoms with van der Waals surface area (Å²) in [4.78, 5) is 16.6. The molecule has 1 aromatic carbocycles. The van der Waals surface area contributed by atoms with Crippen LogP contribution in [-0.4, -0.2) is 69.3 Å². The molecule has 3 aliphatic heterocycles. The molecule has 0 saturated carbocycles. The number of likely N-dealkylation sites (tertiary alicyclic amines) is 2. The van der Waals surface area contributed by atoms with E-state index in [2.05, 4.69) is 4.90 Å². The van der Waals surface area contributed by atoms with Crippen LogP contribution >= 0.6 is 0 Å². The number of carbonyl (C=O) groups excluding carboxylic acids is 1. The molecule has 4 rings (SSSR count). The predicted octanol–water partition coefficient (Wildman–Crippen LogP) is 1.16. The molecular formula is C19H26N2O4S. The molecular weight excluding hydrogens is 352 g/mol. The summed E-state index contributed by atoms with van der Waals surface area (Å²) in [5.41, 5.74) is 1.11. The number of ether oxygens (including phenoxy) is 1. The van der Waals surface area contributed by atoms with Crippen molar-refractivity contribution in [2.75, 3.05) is 39.0 Å². The van der Waals surface area contributed by atoms with Gasteiger partial charge in [-0.2, -0.15) is 0 Å². The zero-order chi connectivity index (χ0) is 18.3. The van der Waals surface area contributed by atoms with Crippen LogP contribution in [0.4, 0.5) is 0 Å². The maximum Gasteiger partial charge on any atom is 0.222 e. The zero-order valence-electron chi connectivity index (χ0n) is 15.1. The lowest BCUT2D eigenvalue weighted by atomic mass is 9.93. The quantitative estimate of drug-likeness (QED) is 0.769. The SMILES string of the molecule is CS(=O)(=O)c1ccc(CN2C[C@@H]3[C@@H](CN4CCCC4=O)CO[C@@H]3C2)cc1. The van der Waals surface area contributed by atoms with Gasteiger partial charge in [-0.25, -0.2) is 8.42 Å². The van der Waals surface area contributed by atoms with E-state index >= 15 is 0 Å². The van der Waals surface area contributed by atoms with Crippen molar-refractivity contribution in [2.24, 2.45) is 11.8 Å². The number of hydrogen-bond acceptors (Lipinski definition) is 5. The Bertz CT molecular complexity index is 777. The van der Waals surface area contributed by atoms with Gasteiger partial charge in [-0.3, -0.25) is 9.69 Å². The highest BCUT2D eigenvalue weighted by Gasteiger charge is 2.44. The van der Waals surface area contributed by atoms with E-state index in [0.717, 1.165) is 51.3 Å². The molecule has 142 valence electrons. The van der Waals surface area contributed by atoms with Crippen LogP contribution < -0.4 is 0 Å². The summed E-state index contributed by atoms with van der Waals surface area (Å²) in [6.07, 6.45) is 3.16. The van der Waals surface area contributed by atoms with Gasteiger partial charge in [0.1, 0.15) is 0 Å². The molecule has 3 atom stereocenters. The molecule has 3 heterocycles. The molecule has 0 spiro atoms. The monoisotopic (exact) mass is 378 g/mol. The third-order valence-corrected chi connectivity index (χ3v) is 7.03. The van der Waals surface area contributed by atoms with Gasteiger partial charge in [0.05, 0.1) is 17.6 Å². The Balaban J connectivity index is 1.35. The fourth-order valence-electron chi connectivity index (χ4n) is 4.48. The molecule has 0 aromatic heterocycles. The Morgan fingerprint density at radius 2 is 1.96 bits per heavy atom. The molecule has 3 fully saturated rings. The Kier molecular flexibility index (Phi) is 4.79. The van der Waals surface area contributed by atoms with Gasteiger partial charge in [-0.05, 0) is 24.1 Å². The van der Waals surface area contributed by atoms with E-state index < -0.39 is 9.84 Å². The Morgan fingerprint density at radius 1 is 1.19 bits per heavy atom. The Morgan fingerprint density at radius 3 is 2.62 bits per heavy atom. The first-order valence-corrected chi connectivity index (χ1v) is 11.2. The van der Waals surface area contributed by atoms with Gasteiger partial charge in [0.2, 0.25) is 5.91 Å². The third-order valence-electron chi connectivity index (χ3n) is 5.90. The van der Waals surface area contributed by atoms with Gasteiger partial charge in [0.25, 0.3) is 0 Å². The van der Waals surface area contributed by atoms with Crippen LogP contribution in [0.3, 0.4) is 0 Å². The average Bonchev–Trinajstić information content (AvgIpc) is 3.26. The van der Waals surface area contributed by atoms with Crippen LogP contribution in [0, 0.1) is 11.8 Å². The van der Waals surface area contributed by atoms with Crippen LogP contribution in [0.5, 0.6) is 0 Å². The summed E-state index contributed by atoms with van der Waals surface area (Å²) < 4.78 is 29.1. The first-order chi connectivity index (χ1) is 12.4. The highest BCUT2D eigenvalue weighted by molar-refractivity contribution is 7.90. The third kappa shape index (κ3) is 3.66. The number of fused-ring (bicyclic) bond motifs is 1. The zero-order valence-corrected chi connectivity index (χ0v) is 16.0. The smallest absolute Gasteiger partial charge is 0.222 e. The first-order valence-electron chi connectivity index (χ1n) is 9.31. The van der Waals surface area contributed by atoms with E-state index in [1.54, 1.807) is 12.1 Å². The predicted molar refractivity (Wildman–Crippen MR) is 97.4 cm³/mol. The Hall–Kier alpha value is -1.44. The van der Waals surface area contributed by atoms with Crippen molar-refractivity contribution in [3.8, 4) is 0 Å². The molecule has 1 amide bonds. The number of carbonyl (C=O) groups is 1. The van der Waals surface area contributed by atoms with Crippen molar-refractivity contribution >= 4 is 15.7 Å².